The van der Waals surface area contributed by atoms with Crippen molar-refractivity contribution in [3.8, 4) is 11.5 Å². The van der Waals surface area contributed by atoms with Gasteiger partial charge in [-0.05, 0) is 68.9 Å². The predicted octanol–water partition coefficient (Wildman–Crippen LogP) is 4.80. The molecule has 1 unspecified atom stereocenters. The zero-order chi connectivity index (χ0) is 20.6. The van der Waals surface area contributed by atoms with E-state index in [2.05, 4.69) is 40.3 Å². The molecule has 1 atom stereocenters. The maximum Gasteiger partial charge on any atom is 0.157 e. The molecule has 152 valence electrons. The van der Waals surface area contributed by atoms with E-state index in [9.17, 15) is 9.90 Å². The third-order valence-electron chi connectivity index (χ3n) is 6.93. The van der Waals surface area contributed by atoms with Crippen LogP contribution in [0, 0.1) is 12.8 Å². The van der Waals surface area contributed by atoms with E-state index in [1.165, 1.54) is 29.3 Å². The van der Waals surface area contributed by atoms with Crippen LogP contribution in [0.4, 0.5) is 0 Å². The summed E-state index contributed by atoms with van der Waals surface area (Å²) >= 11 is 0. The van der Waals surface area contributed by atoms with Crippen LogP contribution in [0.15, 0.2) is 36.4 Å². The average Bonchev–Trinajstić information content (AvgIpc) is 3.36. The highest BCUT2D eigenvalue weighted by Gasteiger charge is 2.34. The summed E-state index contributed by atoms with van der Waals surface area (Å²) in [6.45, 7) is 5.71. The Morgan fingerprint density at radius 3 is 2.87 bits per heavy atom. The number of aromatic nitrogens is 3. The summed E-state index contributed by atoms with van der Waals surface area (Å²) in [6, 6.07) is 12.4. The van der Waals surface area contributed by atoms with E-state index in [0.29, 0.717) is 18.5 Å². The number of imidazole rings is 1. The largest absolute Gasteiger partial charge is 0.385 e. The van der Waals surface area contributed by atoms with Crippen LogP contribution >= 0.6 is 0 Å². The van der Waals surface area contributed by atoms with Gasteiger partial charge in [0.2, 0.25) is 0 Å². The molecule has 4 aromatic rings. The van der Waals surface area contributed by atoms with Crippen molar-refractivity contribution >= 4 is 28.2 Å². The van der Waals surface area contributed by atoms with Crippen molar-refractivity contribution in [1.82, 2.24) is 14.1 Å². The lowest BCUT2D eigenvalue weighted by Crippen LogP contribution is -2.28. The molecule has 0 bridgehead atoms. The number of hydrogen-bond acceptors (Lipinski definition) is 3. The average molecular weight is 399 g/mol. The van der Waals surface area contributed by atoms with E-state index in [1.807, 2.05) is 19.1 Å². The Labute approximate surface area is 175 Å². The molecule has 2 aliphatic rings. The lowest BCUT2D eigenvalue weighted by molar-refractivity contribution is 0.0399. The van der Waals surface area contributed by atoms with Crippen LogP contribution < -0.4 is 0 Å². The Hall–Kier alpha value is -2.92. The summed E-state index contributed by atoms with van der Waals surface area (Å²) in [5.41, 5.74) is 5.79. The van der Waals surface area contributed by atoms with Crippen LogP contribution in [0.3, 0.4) is 0 Å². The fourth-order valence-corrected chi connectivity index (χ4v) is 5.02. The zero-order valence-corrected chi connectivity index (χ0v) is 17.4. The van der Waals surface area contributed by atoms with Gasteiger partial charge in [0.1, 0.15) is 6.29 Å². The van der Waals surface area contributed by atoms with Crippen LogP contribution in [0.5, 0.6) is 0 Å². The first kappa shape index (κ1) is 17.9. The van der Waals surface area contributed by atoms with Gasteiger partial charge < -0.3 is 14.2 Å². The third kappa shape index (κ3) is 2.51. The molecule has 1 N–H and O–H groups in total. The lowest BCUT2D eigenvalue weighted by Gasteiger charge is -2.30. The molecule has 5 heteroatoms. The highest BCUT2D eigenvalue weighted by molar-refractivity contribution is 5.93. The monoisotopic (exact) mass is 399 g/mol. The second-order valence-electron chi connectivity index (χ2n) is 9.26. The Balaban J connectivity index is 1.67. The second kappa shape index (κ2) is 6.05. The molecular weight excluding hydrogens is 374 g/mol. The number of hydrogen-bond donors (Lipinski definition) is 1. The Kier molecular flexibility index (Phi) is 3.61. The number of benzene rings is 2. The van der Waals surface area contributed by atoms with Gasteiger partial charge in [-0.1, -0.05) is 12.1 Å². The molecule has 1 saturated carbocycles. The van der Waals surface area contributed by atoms with Gasteiger partial charge in [-0.15, -0.1) is 0 Å². The quantitative estimate of drug-likeness (QED) is 0.502. The smallest absolute Gasteiger partial charge is 0.157 e. The summed E-state index contributed by atoms with van der Waals surface area (Å²) in [4.78, 5) is 16.5. The number of rotatable bonds is 4. The molecule has 0 amide bonds. The van der Waals surface area contributed by atoms with Gasteiger partial charge in [0.15, 0.2) is 5.82 Å². The maximum absolute atomic E-state index is 11.5. The van der Waals surface area contributed by atoms with E-state index in [1.54, 1.807) is 0 Å². The molecule has 2 aromatic heterocycles. The van der Waals surface area contributed by atoms with Gasteiger partial charge >= 0.3 is 0 Å². The summed E-state index contributed by atoms with van der Waals surface area (Å²) in [5, 5.41) is 12.3. The van der Waals surface area contributed by atoms with Gasteiger partial charge in [0.05, 0.1) is 22.3 Å². The summed E-state index contributed by atoms with van der Waals surface area (Å²) in [6.07, 6.45) is 4.02. The summed E-state index contributed by atoms with van der Waals surface area (Å²) in [7, 11) is 0. The molecule has 0 spiro atoms. The molecular formula is C25H25N3O2. The van der Waals surface area contributed by atoms with E-state index in [0.717, 1.165) is 46.9 Å². The standard InChI is InChI=1S/C25H25N3O2/c1-15-4-3-5-21-18(15)12-22(28(21)13-16-6-7-16)24-26-20-11-17(14-29)10-19-23(20)27(24)9-8-25(19,2)30/h3-5,10-12,14,16,30H,6-9,13H2,1-2H3. The number of fused-ring (bicyclic) bond motifs is 1. The number of aliphatic hydroxyl groups is 1. The molecule has 1 fully saturated rings. The number of aldehydes is 1. The molecule has 0 saturated heterocycles. The first-order valence-electron chi connectivity index (χ1n) is 10.8. The van der Waals surface area contributed by atoms with Crippen LogP contribution in [-0.2, 0) is 18.7 Å². The van der Waals surface area contributed by atoms with Crippen molar-refractivity contribution in [2.75, 3.05) is 0 Å². The van der Waals surface area contributed by atoms with Gasteiger partial charge in [0, 0.05) is 35.1 Å². The second-order valence-corrected chi connectivity index (χ2v) is 9.26. The SMILES string of the molecule is Cc1cccc2c1cc(-c1nc3cc(C=O)cc4c3n1CCC4(C)O)n2CC1CC1. The van der Waals surface area contributed by atoms with Gasteiger partial charge in [0.25, 0.3) is 0 Å². The minimum absolute atomic E-state index is 0.560. The summed E-state index contributed by atoms with van der Waals surface area (Å²) in [5.74, 6) is 1.67. The van der Waals surface area contributed by atoms with Gasteiger partial charge in [-0.3, -0.25) is 4.79 Å². The Morgan fingerprint density at radius 1 is 1.27 bits per heavy atom. The fourth-order valence-electron chi connectivity index (χ4n) is 5.02. The van der Waals surface area contributed by atoms with Crippen LogP contribution in [0.1, 0.15) is 47.7 Å². The maximum atomic E-state index is 11.5. The van der Waals surface area contributed by atoms with Crippen LogP contribution in [-0.4, -0.2) is 25.5 Å². The summed E-state index contributed by atoms with van der Waals surface area (Å²) < 4.78 is 4.67. The van der Waals surface area contributed by atoms with Crippen LogP contribution in [0.25, 0.3) is 33.5 Å². The molecule has 30 heavy (non-hydrogen) atoms. The molecule has 1 aliphatic heterocycles. The van der Waals surface area contributed by atoms with Crippen molar-refractivity contribution in [3.63, 3.8) is 0 Å². The molecule has 5 nitrogen and oxygen atoms in total. The Morgan fingerprint density at radius 2 is 2.10 bits per heavy atom. The molecule has 6 rings (SSSR count). The zero-order valence-electron chi connectivity index (χ0n) is 17.4. The topological polar surface area (TPSA) is 60.1 Å². The number of aryl methyl sites for hydroxylation is 2. The molecule has 1 aliphatic carbocycles. The van der Waals surface area contributed by atoms with Crippen molar-refractivity contribution in [3.05, 3.63) is 53.1 Å². The number of nitrogens with zero attached hydrogens (tertiary/aromatic N) is 3. The van der Waals surface area contributed by atoms with Crippen LogP contribution in [0.2, 0.25) is 0 Å². The van der Waals surface area contributed by atoms with E-state index in [-0.39, 0.29) is 0 Å². The van der Waals surface area contributed by atoms with Crippen molar-refractivity contribution in [1.29, 1.82) is 0 Å². The number of carbonyl (C=O) groups excluding carboxylic acids is 1. The molecule has 0 radical (unpaired) electrons. The predicted molar refractivity (Wildman–Crippen MR) is 118 cm³/mol. The molecule has 2 aromatic carbocycles. The van der Waals surface area contributed by atoms with Gasteiger partial charge in [-0.2, -0.15) is 0 Å². The highest BCUT2D eigenvalue weighted by atomic mass is 16.3. The first-order chi connectivity index (χ1) is 14.5. The van der Waals surface area contributed by atoms with Gasteiger partial charge in [-0.25, -0.2) is 4.98 Å². The lowest BCUT2D eigenvalue weighted by atomic mass is 9.87. The first-order valence-corrected chi connectivity index (χ1v) is 10.8. The van der Waals surface area contributed by atoms with E-state index >= 15 is 0 Å². The number of carbonyl (C=O) groups is 1. The minimum atomic E-state index is -0.956. The fraction of sp³-hybridized carbons (Fsp3) is 0.360. The van der Waals surface area contributed by atoms with E-state index < -0.39 is 5.60 Å². The minimum Gasteiger partial charge on any atom is -0.385 e. The normalized spacial score (nSPS) is 20.9. The Bertz CT molecular complexity index is 1340. The van der Waals surface area contributed by atoms with Crippen molar-refractivity contribution in [2.45, 2.75) is 51.8 Å². The van der Waals surface area contributed by atoms with Crippen molar-refractivity contribution < 1.29 is 9.90 Å². The highest BCUT2D eigenvalue weighted by Crippen LogP contribution is 2.42. The van der Waals surface area contributed by atoms with Crippen molar-refractivity contribution in [2.24, 2.45) is 5.92 Å². The van der Waals surface area contributed by atoms with E-state index in [4.69, 9.17) is 4.98 Å². The third-order valence-corrected chi connectivity index (χ3v) is 6.93. The molecule has 3 heterocycles.